The molecule has 0 aliphatic carbocycles. The van der Waals surface area contributed by atoms with Gasteiger partial charge in [-0.3, -0.25) is 4.79 Å². The van der Waals surface area contributed by atoms with Gasteiger partial charge in [-0.2, -0.15) is 4.31 Å². The van der Waals surface area contributed by atoms with Crippen molar-refractivity contribution in [1.82, 2.24) is 9.21 Å². The predicted octanol–water partition coefficient (Wildman–Crippen LogP) is 6.24. The number of nitrogens with one attached hydrogen (secondary N) is 2. The molecular weight excluding hydrogens is 675 g/mol. The van der Waals surface area contributed by atoms with Gasteiger partial charge in [0.1, 0.15) is 11.6 Å². The Kier molecular flexibility index (Phi) is 13.4. The molecule has 0 aromatic heterocycles. The number of hydrogen-bond donors (Lipinski definition) is 3. The summed E-state index contributed by atoms with van der Waals surface area (Å²) in [5.41, 5.74) is 0.866. The number of nitrogens with zero attached hydrogens (tertiary/aromatic N) is 2. The molecule has 0 saturated carbocycles. The molecule has 4 rings (SSSR count). The third-order valence-corrected chi connectivity index (χ3v) is 10.5. The Hall–Kier alpha value is -3.75. The molecule has 0 fully saturated rings. The van der Waals surface area contributed by atoms with Crippen LogP contribution in [0, 0.1) is 11.7 Å². The monoisotopic (exact) mass is 718 g/mol. The highest BCUT2D eigenvalue weighted by atomic mass is 35.5. The van der Waals surface area contributed by atoms with Gasteiger partial charge >= 0.3 is 6.03 Å². The molecule has 3 aromatic carbocycles. The van der Waals surface area contributed by atoms with Crippen molar-refractivity contribution in [2.75, 3.05) is 44.0 Å². The van der Waals surface area contributed by atoms with Gasteiger partial charge in [-0.25, -0.2) is 17.6 Å². The van der Waals surface area contributed by atoms with Gasteiger partial charge in [0.25, 0.3) is 5.91 Å². The molecule has 0 bridgehead atoms. The first-order valence-electron chi connectivity index (χ1n) is 16.2. The first-order chi connectivity index (χ1) is 23.3. The zero-order chi connectivity index (χ0) is 35.7. The van der Waals surface area contributed by atoms with Crippen molar-refractivity contribution in [3.63, 3.8) is 0 Å². The second-order valence-electron chi connectivity index (χ2n) is 12.3. The van der Waals surface area contributed by atoms with Crippen LogP contribution in [0.25, 0.3) is 0 Å². The first-order valence-corrected chi connectivity index (χ1v) is 18.0. The highest BCUT2D eigenvalue weighted by Crippen LogP contribution is 2.29. The zero-order valence-electron chi connectivity index (χ0n) is 28.1. The Bertz CT molecular complexity index is 1680. The van der Waals surface area contributed by atoms with Gasteiger partial charge in [0.05, 0.1) is 35.3 Å². The second-order valence-corrected chi connectivity index (χ2v) is 14.8. The lowest BCUT2D eigenvalue weighted by atomic mass is 10.0. The summed E-state index contributed by atoms with van der Waals surface area (Å²) >= 11 is 5.98. The predicted molar refractivity (Wildman–Crippen MR) is 187 cm³/mol. The summed E-state index contributed by atoms with van der Waals surface area (Å²) in [5, 5.41) is 16.0. The molecule has 1 heterocycles. The molecule has 49 heavy (non-hydrogen) atoms. The van der Waals surface area contributed by atoms with E-state index in [1.54, 1.807) is 19.1 Å². The van der Waals surface area contributed by atoms with Gasteiger partial charge in [-0.1, -0.05) is 18.5 Å². The van der Waals surface area contributed by atoms with Gasteiger partial charge in [-0.05, 0) is 99.8 Å². The molecule has 3 N–H and O–H groups in total. The fourth-order valence-corrected chi connectivity index (χ4v) is 6.74. The number of halogens is 2. The topological polar surface area (TPSA) is 138 Å². The van der Waals surface area contributed by atoms with Gasteiger partial charge in [0.2, 0.25) is 10.0 Å². The number of sulfonamides is 1. The number of carbonyl (C=O) groups is 2. The fraction of sp³-hybridized carbons (Fsp3) is 0.429. The number of aliphatic hydroxyl groups is 1. The average Bonchev–Trinajstić information content (AvgIpc) is 3.07. The molecule has 14 heteroatoms. The minimum absolute atomic E-state index is 0.0228. The van der Waals surface area contributed by atoms with Crippen LogP contribution in [0.4, 0.5) is 20.6 Å². The van der Waals surface area contributed by atoms with Crippen LogP contribution in [0.2, 0.25) is 5.02 Å². The lowest BCUT2D eigenvalue weighted by molar-refractivity contribution is -0.00833. The maximum atomic E-state index is 14.3. The van der Waals surface area contributed by atoms with E-state index >= 15 is 0 Å². The lowest BCUT2D eigenvalue weighted by Gasteiger charge is -2.35. The smallest absolute Gasteiger partial charge is 0.323 e. The summed E-state index contributed by atoms with van der Waals surface area (Å²) in [4.78, 5) is 28.7. The molecule has 0 saturated heterocycles. The van der Waals surface area contributed by atoms with Crippen LogP contribution in [0.1, 0.15) is 50.4 Å². The van der Waals surface area contributed by atoms with E-state index in [0.29, 0.717) is 41.6 Å². The van der Waals surface area contributed by atoms with Crippen LogP contribution >= 0.6 is 11.6 Å². The Morgan fingerprint density at radius 3 is 2.39 bits per heavy atom. The summed E-state index contributed by atoms with van der Waals surface area (Å²) < 4.78 is 53.9. The van der Waals surface area contributed by atoms with Gasteiger partial charge in [0, 0.05) is 49.1 Å². The van der Waals surface area contributed by atoms with Crippen molar-refractivity contribution in [2.45, 2.75) is 63.2 Å². The maximum absolute atomic E-state index is 14.3. The molecule has 3 amide bonds. The van der Waals surface area contributed by atoms with Crippen LogP contribution in [0.15, 0.2) is 71.6 Å². The Morgan fingerprint density at radius 2 is 1.71 bits per heavy atom. The molecule has 11 nitrogen and oxygen atoms in total. The van der Waals surface area contributed by atoms with Crippen molar-refractivity contribution in [2.24, 2.45) is 5.92 Å². The number of urea groups is 1. The number of anilines is 2. The average molecular weight is 719 g/mol. The second kappa shape index (κ2) is 17.3. The number of benzene rings is 3. The van der Waals surface area contributed by atoms with Crippen LogP contribution in [-0.2, 0) is 14.8 Å². The van der Waals surface area contributed by atoms with E-state index in [1.165, 1.54) is 70.9 Å². The molecule has 0 unspecified atom stereocenters. The van der Waals surface area contributed by atoms with Gasteiger partial charge in [0.15, 0.2) is 0 Å². The van der Waals surface area contributed by atoms with Crippen LogP contribution in [-0.4, -0.2) is 86.3 Å². The number of likely N-dealkylation sites (N-methyl/N-ethyl adjacent to an activating group) is 1. The summed E-state index contributed by atoms with van der Waals surface area (Å²) in [6.07, 6.45) is 1.29. The molecule has 0 spiro atoms. The normalized spacial score (nSPS) is 20.1. The van der Waals surface area contributed by atoms with E-state index in [9.17, 15) is 27.5 Å². The SMILES string of the molecule is C[C@H]1CCCCO[C@H](CN(C)S(=O)(=O)c2ccc(Cl)cc2)[C@@H](C)CN([C@@H](C)CO)C(=O)c2cc(NC(=O)Nc3ccc(F)cc3)ccc2O1. The Labute approximate surface area is 292 Å². The van der Waals surface area contributed by atoms with Crippen molar-refractivity contribution in [3.05, 3.63) is 83.1 Å². The maximum Gasteiger partial charge on any atom is 0.323 e. The number of ether oxygens (including phenoxy) is 2. The van der Waals surface area contributed by atoms with Gasteiger partial charge in [-0.15, -0.1) is 0 Å². The molecule has 4 atom stereocenters. The molecule has 3 aromatic rings. The lowest BCUT2D eigenvalue weighted by Crippen LogP contribution is -2.48. The molecule has 266 valence electrons. The highest BCUT2D eigenvalue weighted by Gasteiger charge is 2.32. The van der Waals surface area contributed by atoms with E-state index in [-0.39, 0.29) is 42.2 Å². The minimum Gasteiger partial charge on any atom is -0.490 e. The number of amides is 3. The highest BCUT2D eigenvalue weighted by molar-refractivity contribution is 7.89. The Balaban J connectivity index is 1.62. The number of aliphatic hydroxyl groups excluding tert-OH is 1. The van der Waals surface area contributed by atoms with Crippen molar-refractivity contribution in [3.8, 4) is 5.75 Å². The molecule has 0 radical (unpaired) electrons. The van der Waals surface area contributed by atoms with Crippen molar-refractivity contribution >= 4 is 44.9 Å². The third-order valence-electron chi connectivity index (χ3n) is 8.37. The summed E-state index contributed by atoms with van der Waals surface area (Å²) in [6.45, 7) is 5.68. The van der Waals surface area contributed by atoms with Crippen LogP contribution in [0.3, 0.4) is 0 Å². The fourth-order valence-electron chi connectivity index (χ4n) is 5.43. The van der Waals surface area contributed by atoms with Crippen molar-refractivity contribution in [1.29, 1.82) is 0 Å². The number of rotatable bonds is 8. The number of fused-ring (bicyclic) bond motifs is 1. The molecule has 1 aliphatic rings. The van der Waals surface area contributed by atoms with E-state index in [2.05, 4.69) is 10.6 Å². The van der Waals surface area contributed by atoms with Gasteiger partial charge < -0.3 is 30.1 Å². The van der Waals surface area contributed by atoms with E-state index in [1.807, 2.05) is 13.8 Å². The summed E-state index contributed by atoms with van der Waals surface area (Å²) in [6, 6.07) is 14.8. The molecular formula is C35H44ClFN4O7S. The van der Waals surface area contributed by atoms with E-state index < -0.39 is 39.9 Å². The zero-order valence-corrected chi connectivity index (χ0v) is 29.6. The summed E-state index contributed by atoms with van der Waals surface area (Å²) in [7, 11) is -2.38. The number of carbonyl (C=O) groups excluding carboxylic acids is 2. The quantitative estimate of drug-likeness (QED) is 0.251. The van der Waals surface area contributed by atoms with E-state index in [4.69, 9.17) is 21.1 Å². The van der Waals surface area contributed by atoms with Crippen molar-refractivity contribution < 1.29 is 37.0 Å². The van der Waals surface area contributed by atoms with Crippen LogP contribution in [0.5, 0.6) is 5.75 Å². The Morgan fingerprint density at radius 1 is 1.06 bits per heavy atom. The third kappa shape index (κ3) is 10.4. The largest absolute Gasteiger partial charge is 0.490 e. The van der Waals surface area contributed by atoms with Crippen LogP contribution < -0.4 is 15.4 Å². The molecule has 1 aliphatic heterocycles. The minimum atomic E-state index is -3.87. The first kappa shape index (κ1) is 38.1. The standard InChI is InChI=1S/C35H44ClFN4O7S/c1-23-20-41(24(2)22-42)34(43)31-19-29(39-35(44)38-28-12-10-27(37)11-13-28)14-17-32(31)48-25(3)7-5-6-18-47-33(23)21-40(4)49(45,46)30-15-8-26(36)9-16-30/h8-17,19,23-25,33,42H,5-7,18,20-22H2,1-4H3,(H2,38,39,44)/t23-,24-,25-,33+/m0/s1. The summed E-state index contributed by atoms with van der Waals surface area (Å²) in [5.74, 6) is -0.928. The van der Waals surface area contributed by atoms with E-state index in [0.717, 1.165) is 6.42 Å². The number of hydrogen-bond acceptors (Lipinski definition) is 7.